The zero-order chi connectivity index (χ0) is 34.2. The molecule has 3 heterocycles. The Hall–Kier alpha value is -7.11. The standard InChI is InChI=1S/C47H27N3O2/c1-2-14-29-28(12-1)13-7-17-30(29)31-18-8-20-33-32(31)19-9-22-36(33)45-48-46(38-23-11-27-42-43(38)37-16-4-6-26-41(37)51-42)50-47(49-45)39-24-10-21-35-34-15-3-5-25-40(34)52-44(35)39/h1-27H. The maximum Gasteiger partial charge on any atom is 0.167 e. The van der Waals surface area contributed by atoms with Gasteiger partial charge in [-0.1, -0.05) is 140 Å². The highest BCUT2D eigenvalue weighted by Crippen LogP contribution is 2.41. The average Bonchev–Trinajstić information content (AvgIpc) is 3.79. The first kappa shape index (κ1) is 28.7. The smallest absolute Gasteiger partial charge is 0.167 e. The van der Waals surface area contributed by atoms with Crippen LogP contribution < -0.4 is 0 Å². The predicted molar refractivity (Wildman–Crippen MR) is 211 cm³/mol. The Morgan fingerprint density at radius 2 is 0.750 bits per heavy atom. The number of fused-ring (bicyclic) bond motifs is 8. The van der Waals surface area contributed by atoms with Crippen LogP contribution in [-0.4, -0.2) is 15.0 Å². The second-order valence-electron chi connectivity index (χ2n) is 13.1. The van der Waals surface area contributed by atoms with Crippen molar-refractivity contribution >= 4 is 65.4 Å². The minimum Gasteiger partial charge on any atom is -0.456 e. The van der Waals surface area contributed by atoms with Crippen molar-refractivity contribution < 1.29 is 8.83 Å². The van der Waals surface area contributed by atoms with Crippen LogP contribution in [0.2, 0.25) is 0 Å². The highest BCUT2D eigenvalue weighted by Gasteiger charge is 2.21. The highest BCUT2D eigenvalue weighted by molar-refractivity contribution is 6.13. The van der Waals surface area contributed by atoms with Gasteiger partial charge in [0, 0.05) is 32.7 Å². The lowest BCUT2D eigenvalue weighted by molar-refractivity contribution is 0.668. The fourth-order valence-electron chi connectivity index (χ4n) is 7.82. The molecule has 0 aliphatic heterocycles. The van der Waals surface area contributed by atoms with Crippen LogP contribution in [0.5, 0.6) is 0 Å². The second kappa shape index (κ2) is 11.2. The fourth-order valence-corrected chi connectivity index (χ4v) is 7.82. The van der Waals surface area contributed by atoms with Gasteiger partial charge in [0.1, 0.15) is 22.3 Å². The van der Waals surface area contributed by atoms with Gasteiger partial charge in [-0.15, -0.1) is 0 Å². The van der Waals surface area contributed by atoms with Gasteiger partial charge in [0.2, 0.25) is 0 Å². The van der Waals surface area contributed by atoms with Crippen LogP contribution in [0.4, 0.5) is 0 Å². The van der Waals surface area contributed by atoms with Crippen molar-refractivity contribution in [2.24, 2.45) is 0 Å². The van der Waals surface area contributed by atoms with Crippen LogP contribution in [0, 0.1) is 0 Å². The van der Waals surface area contributed by atoms with Crippen LogP contribution in [0.3, 0.4) is 0 Å². The molecule has 0 saturated heterocycles. The summed E-state index contributed by atoms with van der Waals surface area (Å²) in [4.78, 5) is 15.7. The number of benzene rings is 8. The summed E-state index contributed by atoms with van der Waals surface area (Å²) < 4.78 is 12.8. The number of aromatic nitrogens is 3. The van der Waals surface area contributed by atoms with Crippen LogP contribution in [-0.2, 0) is 0 Å². The van der Waals surface area contributed by atoms with Crippen LogP contribution in [0.1, 0.15) is 0 Å². The Bertz CT molecular complexity index is 3200. The summed E-state index contributed by atoms with van der Waals surface area (Å²) in [7, 11) is 0. The van der Waals surface area contributed by atoms with E-state index in [0.717, 1.165) is 76.9 Å². The molecule has 11 aromatic rings. The van der Waals surface area contributed by atoms with E-state index >= 15 is 0 Å². The van der Waals surface area contributed by atoms with E-state index in [2.05, 4.69) is 103 Å². The van der Waals surface area contributed by atoms with Crippen LogP contribution in [0.15, 0.2) is 173 Å². The first-order chi connectivity index (χ1) is 25.8. The molecule has 0 spiro atoms. The topological polar surface area (TPSA) is 65.0 Å². The first-order valence-corrected chi connectivity index (χ1v) is 17.4. The van der Waals surface area contributed by atoms with Crippen molar-refractivity contribution in [2.45, 2.75) is 0 Å². The number of hydrogen-bond acceptors (Lipinski definition) is 5. The van der Waals surface area contributed by atoms with Crippen molar-refractivity contribution in [1.82, 2.24) is 15.0 Å². The molecule has 0 bridgehead atoms. The molecule has 5 heteroatoms. The summed E-state index contributed by atoms with van der Waals surface area (Å²) in [6.07, 6.45) is 0. The van der Waals surface area contributed by atoms with E-state index in [1.807, 2.05) is 60.7 Å². The third-order valence-corrected chi connectivity index (χ3v) is 10.2. The number of hydrogen-bond donors (Lipinski definition) is 0. The van der Waals surface area contributed by atoms with Gasteiger partial charge in [0.15, 0.2) is 17.5 Å². The van der Waals surface area contributed by atoms with E-state index in [1.165, 1.54) is 16.3 Å². The monoisotopic (exact) mass is 665 g/mol. The van der Waals surface area contributed by atoms with Crippen molar-refractivity contribution in [3.8, 4) is 45.3 Å². The molecule has 11 rings (SSSR count). The third kappa shape index (κ3) is 4.33. The van der Waals surface area contributed by atoms with Gasteiger partial charge in [-0.2, -0.15) is 0 Å². The molecule has 0 aliphatic rings. The Morgan fingerprint density at radius 3 is 1.56 bits per heavy atom. The lowest BCUT2D eigenvalue weighted by Crippen LogP contribution is -2.01. The van der Waals surface area contributed by atoms with Gasteiger partial charge in [0.25, 0.3) is 0 Å². The van der Waals surface area contributed by atoms with E-state index in [4.69, 9.17) is 23.8 Å². The van der Waals surface area contributed by atoms with Crippen LogP contribution >= 0.6 is 0 Å². The molecule has 0 atom stereocenters. The van der Waals surface area contributed by atoms with E-state index in [0.29, 0.717) is 17.5 Å². The lowest BCUT2D eigenvalue weighted by Gasteiger charge is -2.14. The Labute approximate surface area is 297 Å². The molecular formula is C47H27N3O2. The molecule has 0 fully saturated rings. The molecule has 0 N–H and O–H groups in total. The molecule has 0 saturated carbocycles. The quantitative estimate of drug-likeness (QED) is 0.187. The maximum absolute atomic E-state index is 6.50. The molecule has 242 valence electrons. The van der Waals surface area contributed by atoms with Crippen molar-refractivity contribution in [1.29, 1.82) is 0 Å². The summed E-state index contributed by atoms with van der Waals surface area (Å²) >= 11 is 0. The largest absolute Gasteiger partial charge is 0.456 e. The van der Waals surface area contributed by atoms with Crippen LogP contribution in [0.25, 0.3) is 111 Å². The van der Waals surface area contributed by atoms with Gasteiger partial charge >= 0.3 is 0 Å². The van der Waals surface area contributed by atoms with E-state index in [9.17, 15) is 0 Å². The van der Waals surface area contributed by atoms with Gasteiger partial charge in [-0.05, 0) is 56.9 Å². The summed E-state index contributed by atoms with van der Waals surface area (Å²) in [5.41, 5.74) is 8.12. The molecule has 0 unspecified atom stereocenters. The summed E-state index contributed by atoms with van der Waals surface area (Å²) in [5.74, 6) is 1.68. The Balaban J connectivity index is 1.20. The summed E-state index contributed by atoms with van der Waals surface area (Å²) in [6, 6.07) is 56.3. The minimum absolute atomic E-state index is 0.539. The highest BCUT2D eigenvalue weighted by atomic mass is 16.3. The number of rotatable bonds is 4. The molecular weight excluding hydrogens is 639 g/mol. The van der Waals surface area contributed by atoms with Gasteiger partial charge in [-0.3, -0.25) is 0 Å². The molecule has 0 radical (unpaired) electrons. The zero-order valence-electron chi connectivity index (χ0n) is 27.7. The fraction of sp³-hybridized carbons (Fsp3) is 0. The SMILES string of the molecule is c1ccc2c(-c3cccc4c(-c5nc(-c6cccc7c6oc6ccccc67)nc(-c6cccc7oc8ccccc8c67)n5)cccc34)cccc2c1. The van der Waals surface area contributed by atoms with E-state index < -0.39 is 0 Å². The molecule has 0 aliphatic carbocycles. The molecule has 3 aromatic heterocycles. The average molecular weight is 666 g/mol. The number of furan rings is 2. The van der Waals surface area contributed by atoms with E-state index in [1.54, 1.807) is 0 Å². The van der Waals surface area contributed by atoms with Crippen molar-refractivity contribution in [2.75, 3.05) is 0 Å². The lowest BCUT2D eigenvalue weighted by atomic mass is 9.92. The van der Waals surface area contributed by atoms with Crippen molar-refractivity contribution in [3.05, 3.63) is 164 Å². The van der Waals surface area contributed by atoms with Gasteiger partial charge in [-0.25, -0.2) is 15.0 Å². The normalized spacial score (nSPS) is 11.8. The maximum atomic E-state index is 6.50. The van der Waals surface area contributed by atoms with E-state index in [-0.39, 0.29) is 0 Å². The van der Waals surface area contributed by atoms with Crippen molar-refractivity contribution in [3.63, 3.8) is 0 Å². The summed E-state index contributed by atoms with van der Waals surface area (Å²) in [6.45, 7) is 0. The number of para-hydroxylation sites is 3. The van der Waals surface area contributed by atoms with Gasteiger partial charge < -0.3 is 8.83 Å². The molecule has 0 amide bonds. The predicted octanol–water partition coefficient (Wildman–Crippen LogP) is 12.6. The molecule has 8 aromatic carbocycles. The number of nitrogens with zero attached hydrogens (tertiary/aromatic N) is 3. The van der Waals surface area contributed by atoms with Gasteiger partial charge in [0.05, 0.1) is 5.56 Å². The second-order valence-corrected chi connectivity index (χ2v) is 13.1. The molecule has 52 heavy (non-hydrogen) atoms. The Kier molecular flexibility index (Phi) is 6.18. The molecule has 5 nitrogen and oxygen atoms in total. The minimum atomic E-state index is 0.539. The summed E-state index contributed by atoms with van der Waals surface area (Å²) in [5, 5.41) is 8.67. The third-order valence-electron chi connectivity index (χ3n) is 10.2. The zero-order valence-corrected chi connectivity index (χ0v) is 27.7. The first-order valence-electron chi connectivity index (χ1n) is 17.4. The Morgan fingerprint density at radius 1 is 0.288 bits per heavy atom.